The summed E-state index contributed by atoms with van der Waals surface area (Å²) in [6, 6.07) is 15.4. The molecule has 1 aliphatic rings. The molecule has 172 valence electrons. The van der Waals surface area contributed by atoms with Crippen molar-refractivity contribution >= 4 is 35.2 Å². The standard InChI is InChI=1S/C26H33ClN2O2S/c1-3-24(26(31)28-22-10-5-4-6-11-22)29(17-20-9-7-8-19(2)16-20)25(30)18-32-23-14-12-21(27)13-15-23/h7-9,12-16,22,24H,3-6,10-11,17-18H2,1-2H3,(H,28,31)/t24-/m1/s1. The number of nitrogens with zero attached hydrogens (tertiary/aromatic N) is 1. The van der Waals surface area contributed by atoms with Crippen molar-refractivity contribution in [3.8, 4) is 0 Å². The summed E-state index contributed by atoms with van der Waals surface area (Å²) in [5, 5.41) is 3.90. The van der Waals surface area contributed by atoms with E-state index in [9.17, 15) is 9.59 Å². The third kappa shape index (κ3) is 7.28. The quantitative estimate of drug-likeness (QED) is 0.455. The number of hydrogen-bond acceptors (Lipinski definition) is 3. The van der Waals surface area contributed by atoms with E-state index in [1.807, 2.05) is 56.3 Å². The highest BCUT2D eigenvalue weighted by atomic mass is 35.5. The van der Waals surface area contributed by atoms with Gasteiger partial charge in [-0.2, -0.15) is 0 Å². The normalized spacial score (nSPS) is 15.2. The van der Waals surface area contributed by atoms with Crippen molar-refractivity contribution < 1.29 is 9.59 Å². The van der Waals surface area contributed by atoms with Crippen molar-refractivity contribution in [2.75, 3.05) is 5.75 Å². The first-order valence-corrected chi connectivity index (χ1v) is 12.9. The summed E-state index contributed by atoms with van der Waals surface area (Å²) in [5.41, 5.74) is 2.18. The largest absolute Gasteiger partial charge is 0.352 e. The molecule has 32 heavy (non-hydrogen) atoms. The number of nitrogens with one attached hydrogen (secondary N) is 1. The number of benzene rings is 2. The average Bonchev–Trinajstić information content (AvgIpc) is 2.79. The maximum atomic E-state index is 13.4. The van der Waals surface area contributed by atoms with Crippen LogP contribution >= 0.6 is 23.4 Å². The van der Waals surface area contributed by atoms with Gasteiger partial charge in [-0.15, -0.1) is 11.8 Å². The summed E-state index contributed by atoms with van der Waals surface area (Å²) in [5.74, 6) is 0.217. The van der Waals surface area contributed by atoms with Crippen molar-refractivity contribution in [1.82, 2.24) is 10.2 Å². The van der Waals surface area contributed by atoms with Crippen LogP contribution in [0.2, 0.25) is 5.02 Å². The van der Waals surface area contributed by atoms with Crippen molar-refractivity contribution in [3.05, 3.63) is 64.7 Å². The molecule has 1 N–H and O–H groups in total. The van der Waals surface area contributed by atoms with Gasteiger partial charge in [0.2, 0.25) is 11.8 Å². The zero-order valence-electron chi connectivity index (χ0n) is 19.0. The zero-order chi connectivity index (χ0) is 22.9. The third-order valence-corrected chi connectivity index (χ3v) is 7.20. The Labute approximate surface area is 201 Å². The number of rotatable bonds is 9. The Balaban J connectivity index is 1.74. The highest BCUT2D eigenvalue weighted by molar-refractivity contribution is 8.00. The average molecular weight is 473 g/mol. The van der Waals surface area contributed by atoms with E-state index in [-0.39, 0.29) is 23.6 Å². The smallest absolute Gasteiger partial charge is 0.243 e. The Morgan fingerprint density at radius 2 is 1.84 bits per heavy atom. The molecule has 0 unspecified atom stereocenters. The Bertz CT molecular complexity index is 897. The minimum atomic E-state index is -0.476. The molecular formula is C26H33ClN2O2S. The highest BCUT2D eigenvalue weighted by Crippen LogP contribution is 2.23. The number of thioether (sulfide) groups is 1. The van der Waals surface area contributed by atoms with Crippen LogP contribution in [0.25, 0.3) is 0 Å². The molecular weight excluding hydrogens is 440 g/mol. The lowest BCUT2D eigenvalue weighted by Crippen LogP contribution is -2.52. The van der Waals surface area contributed by atoms with E-state index in [1.165, 1.54) is 18.2 Å². The molecule has 1 fully saturated rings. The van der Waals surface area contributed by atoms with E-state index in [0.717, 1.165) is 41.7 Å². The SMILES string of the molecule is CC[C@H](C(=O)NC1CCCCC1)N(Cc1cccc(C)c1)C(=O)CSc1ccc(Cl)cc1. The summed E-state index contributed by atoms with van der Waals surface area (Å²) in [4.78, 5) is 29.3. The van der Waals surface area contributed by atoms with Gasteiger partial charge in [0.15, 0.2) is 0 Å². The molecule has 0 bridgehead atoms. The lowest BCUT2D eigenvalue weighted by atomic mass is 9.95. The van der Waals surface area contributed by atoms with E-state index in [4.69, 9.17) is 11.6 Å². The van der Waals surface area contributed by atoms with Crippen LogP contribution in [0.4, 0.5) is 0 Å². The summed E-state index contributed by atoms with van der Waals surface area (Å²) in [6.45, 7) is 4.45. The molecule has 0 heterocycles. The maximum absolute atomic E-state index is 13.4. The molecule has 1 atom stereocenters. The second-order valence-corrected chi connectivity index (χ2v) is 10.0. The monoisotopic (exact) mass is 472 g/mol. The number of carbonyl (C=O) groups excluding carboxylic acids is 2. The molecule has 1 saturated carbocycles. The molecule has 2 aromatic rings. The van der Waals surface area contributed by atoms with Gasteiger partial charge in [0.05, 0.1) is 5.75 Å². The van der Waals surface area contributed by atoms with Crippen molar-refractivity contribution in [2.45, 2.75) is 75.9 Å². The van der Waals surface area contributed by atoms with E-state index >= 15 is 0 Å². The van der Waals surface area contributed by atoms with Gasteiger partial charge in [-0.05, 0) is 56.0 Å². The van der Waals surface area contributed by atoms with Gasteiger partial charge in [0, 0.05) is 22.5 Å². The fourth-order valence-corrected chi connectivity index (χ4v) is 5.14. The molecule has 0 aliphatic heterocycles. The fourth-order valence-electron chi connectivity index (χ4n) is 4.23. The van der Waals surface area contributed by atoms with Crippen molar-refractivity contribution in [1.29, 1.82) is 0 Å². The Morgan fingerprint density at radius 3 is 2.50 bits per heavy atom. The van der Waals surface area contributed by atoms with E-state index in [1.54, 1.807) is 4.90 Å². The molecule has 3 rings (SSSR count). The molecule has 2 amide bonds. The van der Waals surface area contributed by atoms with Gasteiger partial charge < -0.3 is 10.2 Å². The Hall–Kier alpha value is -1.98. The molecule has 6 heteroatoms. The van der Waals surface area contributed by atoms with Crippen LogP contribution in [-0.4, -0.2) is 34.6 Å². The summed E-state index contributed by atoms with van der Waals surface area (Å²) in [6.07, 6.45) is 6.20. The first-order chi connectivity index (χ1) is 15.5. The van der Waals surface area contributed by atoms with Gasteiger partial charge in [0.25, 0.3) is 0 Å². The third-order valence-electron chi connectivity index (χ3n) is 5.95. The second kappa shape index (κ2) is 12.3. The van der Waals surface area contributed by atoms with Gasteiger partial charge in [-0.1, -0.05) is 67.6 Å². The summed E-state index contributed by atoms with van der Waals surface area (Å²) >= 11 is 7.45. The zero-order valence-corrected chi connectivity index (χ0v) is 20.6. The van der Waals surface area contributed by atoms with Gasteiger partial charge in [-0.25, -0.2) is 0 Å². The van der Waals surface area contributed by atoms with E-state index in [0.29, 0.717) is 18.0 Å². The summed E-state index contributed by atoms with van der Waals surface area (Å²) < 4.78 is 0. The van der Waals surface area contributed by atoms with E-state index in [2.05, 4.69) is 11.4 Å². The predicted molar refractivity (Wildman–Crippen MR) is 133 cm³/mol. The second-order valence-electron chi connectivity index (χ2n) is 8.52. The lowest BCUT2D eigenvalue weighted by Gasteiger charge is -2.32. The van der Waals surface area contributed by atoms with Crippen molar-refractivity contribution in [3.63, 3.8) is 0 Å². The molecule has 1 aliphatic carbocycles. The molecule has 0 aromatic heterocycles. The number of halogens is 1. The Morgan fingerprint density at radius 1 is 1.12 bits per heavy atom. The maximum Gasteiger partial charge on any atom is 0.243 e. The van der Waals surface area contributed by atoms with Crippen LogP contribution in [0.3, 0.4) is 0 Å². The number of carbonyl (C=O) groups is 2. The van der Waals surface area contributed by atoms with Crippen LogP contribution in [0, 0.1) is 6.92 Å². The topological polar surface area (TPSA) is 49.4 Å². The van der Waals surface area contributed by atoms with Gasteiger partial charge in [-0.3, -0.25) is 9.59 Å². The Kier molecular flexibility index (Phi) is 9.49. The first-order valence-electron chi connectivity index (χ1n) is 11.5. The molecule has 4 nitrogen and oxygen atoms in total. The highest BCUT2D eigenvalue weighted by Gasteiger charge is 2.30. The lowest BCUT2D eigenvalue weighted by molar-refractivity contribution is -0.139. The summed E-state index contributed by atoms with van der Waals surface area (Å²) in [7, 11) is 0. The predicted octanol–water partition coefficient (Wildman–Crippen LogP) is 6.00. The van der Waals surface area contributed by atoms with Gasteiger partial charge >= 0.3 is 0 Å². The molecule has 2 aromatic carbocycles. The minimum Gasteiger partial charge on any atom is -0.352 e. The van der Waals surface area contributed by atoms with E-state index < -0.39 is 6.04 Å². The van der Waals surface area contributed by atoms with Gasteiger partial charge in [0.1, 0.15) is 6.04 Å². The molecule has 0 saturated heterocycles. The first kappa shape index (κ1) is 24.7. The van der Waals surface area contributed by atoms with Crippen molar-refractivity contribution in [2.24, 2.45) is 0 Å². The molecule has 0 radical (unpaired) electrons. The van der Waals surface area contributed by atoms with Crippen LogP contribution in [0.1, 0.15) is 56.6 Å². The van der Waals surface area contributed by atoms with Crippen LogP contribution in [-0.2, 0) is 16.1 Å². The van der Waals surface area contributed by atoms with Crippen LogP contribution in [0.5, 0.6) is 0 Å². The number of hydrogen-bond donors (Lipinski definition) is 1. The number of aryl methyl sites for hydroxylation is 1. The van der Waals surface area contributed by atoms with Crippen LogP contribution in [0.15, 0.2) is 53.4 Å². The molecule has 0 spiro atoms. The van der Waals surface area contributed by atoms with Crippen LogP contribution < -0.4 is 5.32 Å². The number of amides is 2. The minimum absolute atomic E-state index is 0.0305. The fraction of sp³-hybridized carbons (Fsp3) is 0.462.